The van der Waals surface area contributed by atoms with Crippen molar-refractivity contribution < 1.29 is 33.7 Å². The van der Waals surface area contributed by atoms with Gasteiger partial charge in [-0.3, -0.25) is 0 Å². The van der Waals surface area contributed by atoms with Gasteiger partial charge in [0.15, 0.2) is 6.61 Å². The Kier molecular flexibility index (Phi) is 5.08. The maximum atomic E-state index is 12.5. The number of benzene rings is 1. The Morgan fingerprint density at radius 2 is 1.73 bits per heavy atom. The number of rotatable bonds is 6. The number of esters is 3. The van der Waals surface area contributed by atoms with Crippen molar-refractivity contribution in [3.8, 4) is 5.75 Å². The molecule has 7 heteroatoms. The van der Waals surface area contributed by atoms with Gasteiger partial charge in [-0.05, 0) is 69.1 Å². The molecule has 1 aromatic carbocycles. The van der Waals surface area contributed by atoms with Gasteiger partial charge in [-0.1, -0.05) is 12.6 Å². The van der Waals surface area contributed by atoms with Crippen molar-refractivity contribution >= 4 is 17.9 Å². The summed E-state index contributed by atoms with van der Waals surface area (Å²) in [4.78, 5) is 36.8. The van der Waals surface area contributed by atoms with Crippen LogP contribution >= 0.6 is 0 Å². The number of hydrogen-bond donors (Lipinski definition) is 1. The molecule has 0 aliphatic heterocycles. The smallest absolute Gasteiger partial charge is 0.344 e. The topological polar surface area (TPSA) is 99.1 Å². The van der Waals surface area contributed by atoms with Gasteiger partial charge in [0.25, 0.3) is 0 Å². The van der Waals surface area contributed by atoms with Crippen molar-refractivity contribution in [3.05, 3.63) is 42.0 Å². The summed E-state index contributed by atoms with van der Waals surface area (Å²) >= 11 is 0. The molecule has 4 aliphatic rings. The maximum Gasteiger partial charge on any atom is 0.344 e. The van der Waals surface area contributed by atoms with Gasteiger partial charge in [0.05, 0.1) is 5.56 Å². The number of carbonyl (C=O) groups excluding carboxylic acids is 3. The number of phenols is 1. The van der Waals surface area contributed by atoms with E-state index in [1.807, 2.05) is 0 Å². The molecule has 2 atom stereocenters. The molecule has 1 aromatic rings. The minimum absolute atomic E-state index is 0.0600. The number of ether oxygens (including phenoxy) is 3. The fourth-order valence-electron chi connectivity index (χ4n) is 5.73. The Hall–Kier alpha value is -2.83. The molecule has 5 rings (SSSR count). The number of carbonyl (C=O) groups is 3. The molecule has 0 spiro atoms. The zero-order chi connectivity index (χ0) is 21.5. The summed E-state index contributed by atoms with van der Waals surface area (Å²) in [5.74, 6) is -1.11. The average molecular weight is 414 g/mol. The molecule has 30 heavy (non-hydrogen) atoms. The Morgan fingerprint density at radius 3 is 2.33 bits per heavy atom. The third kappa shape index (κ3) is 4.06. The molecule has 4 bridgehead atoms. The van der Waals surface area contributed by atoms with Crippen LogP contribution in [0.3, 0.4) is 0 Å². The molecule has 0 radical (unpaired) electrons. The molecule has 0 amide bonds. The van der Waals surface area contributed by atoms with E-state index in [-0.39, 0.29) is 11.3 Å². The van der Waals surface area contributed by atoms with Gasteiger partial charge in [0, 0.05) is 12.0 Å². The van der Waals surface area contributed by atoms with E-state index < -0.39 is 35.7 Å². The lowest BCUT2D eigenvalue weighted by molar-refractivity contribution is -0.230. The van der Waals surface area contributed by atoms with Gasteiger partial charge in [-0.25, -0.2) is 14.4 Å². The first-order valence-electron chi connectivity index (χ1n) is 10.2. The number of aromatic hydroxyl groups is 1. The van der Waals surface area contributed by atoms with Gasteiger partial charge in [0.2, 0.25) is 0 Å². The highest BCUT2D eigenvalue weighted by molar-refractivity contribution is 5.91. The Labute approximate surface area is 175 Å². The highest BCUT2D eigenvalue weighted by atomic mass is 16.6. The van der Waals surface area contributed by atoms with Gasteiger partial charge in [-0.2, -0.15) is 0 Å². The molecule has 7 nitrogen and oxygen atoms in total. The van der Waals surface area contributed by atoms with Crippen LogP contribution in [0.25, 0.3) is 0 Å². The summed E-state index contributed by atoms with van der Waals surface area (Å²) in [6.07, 6.45) is 4.57. The molecule has 0 aromatic heterocycles. The maximum absolute atomic E-state index is 12.5. The van der Waals surface area contributed by atoms with E-state index in [1.165, 1.54) is 24.3 Å². The predicted molar refractivity (Wildman–Crippen MR) is 106 cm³/mol. The van der Waals surface area contributed by atoms with Crippen molar-refractivity contribution in [3.63, 3.8) is 0 Å². The number of hydrogen-bond acceptors (Lipinski definition) is 7. The molecule has 2 unspecified atom stereocenters. The zero-order valence-electron chi connectivity index (χ0n) is 17.0. The molecule has 0 saturated heterocycles. The van der Waals surface area contributed by atoms with Crippen molar-refractivity contribution in [1.82, 2.24) is 0 Å². The Morgan fingerprint density at radius 1 is 1.10 bits per heavy atom. The second-order valence-electron chi connectivity index (χ2n) is 9.10. The lowest BCUT2D eigenvalue weighted by atomic mass is 9.52. The summed E-state index contributed by atoms with van der Waals surface area (Å²) in [5.41, 5.74) is -0.786. The normalized spacial score (nSPS) is 31.1. The second-order valence-corrected chi connectivity index (χ2v) is 9.10. The quantitative estimate of drug-likeness (QED) is 0.433. The van der Waals surface area contributed by atoms with E-state index in [0.29, 0.717) is 23.8 Å². The van der Waals surface area contributed by atoms with Crippen LogP contribution in [0.4, 0.5) is 0 Å². The SMILES string of the molecule is C=C(C)C(=O)OC12CC3CC(CC(OC(=O)COC(=O)c4cccc(O)c4)(C3)C1)C2. The van der Waals surface area contributed by atoms with E-state index in [1.54, 1.807) is 6.92 Å². The minimum Gasteiger partial charge on any atom is -0.508 e. The van der Waals surface area contributed by atoms with E-state index >= 15 is 0 Å². The van der Waals surface area contributed by atoms with Crippen LogP contribution in [-0.4, -0.2) is 40.8 Å². The lowest BCUT2D eigenvalue weighted by Crippen LogP contribution is -2.62. The van der Waals surface area contributed by atoms with Crippen LogP contribution in [0.15, 0.2) is 36.4 Å². The summed E-state index contributed by atoms with van der Waals surface area (Å²) in [7, 11) is 0. The van der Waals surface area contributed by atoms with Gasteiger partial charge < -0.3 is 19.3 Å². The third-order valence-corrected chi connectivity index (χ3v) is 6.34. The lowest BCUT2D eigenvalue weighted by Gasteiger charge is -2.60. The summed E-state index contributed by atoms with van der Waals surface area (Å²) in [6, 6.07) is 5.72. The average Bonchev–Trinajstić information content (AvgIpc) is 2.64. The predicted octanol–water partition coefficient (Wildman–Crippen LogP) is 3.30. The molecular weight excluding hydrogens is 388 g/mol. The fourth-order valence-corrected chi connectivity index (χ4v) is 5.73. The summed E-state index contributed by atoms with van der Waals surface area (Å²) < 4.78 is 16.8. The first-order chi connectivity index (χ1) is 14.2. The van der Waals surface area contributed by atoms with E-state index in [2.05, 4.69) is 6.58 Å². The van der Waals surface area contributed by atoms with E-state index in [0.717, 1.165) is 32.1 Å². The molecule has 4 aliphatic carbocycles. The summed E-state index contributed by atoms with van der Waals surface area (Å²) in [5, 5.41) is 9.46. The highest BCUT2D eigenvalue weighted by Gasteiger charge is 2.61. The van der Waals surface area contributed by atoms with Crippen molar-refractivity contribution in [2.24, 2.45) is 11.8 Å². The Bertz CT molecular complexity index is 889. The van der Waals surface area contributed by atoms with E-state index in [9.17, 15) is 19.5 Å². The van der Waals surface area contributed by atoms with Gasteiger partial charge in [0.1, 0.15) is 17.0 Å². The molecule has 160 valence electrons. The van der Waals surface area contributed by atoms with Crippen LogP contribution in [0.2, 0.25) is 0 Å². The van der Waals surface area contributed by atoms with Gasteiger partial charge >= 0.3 is 17.9 Å². The zero-order valence-corrected chi connectivity index (χ0v) is 17.0. The fraction of sp³-hybridized carbons (Fsp3) is 0.522. The first-order valence-corrected chi connectivity index (χ1v) is 10.2. The first kappa shape index (κ1) is 20.4. The number of phenolic OH excluding ortho intramolecular Hbond substituents is 1. The third-order valence-electron chi connectivity index (χ3n) is 6.34. The monoisotopic (exact) mass is 414 g/mol. The standard InChI is InChI=1S/C23H26O7/c1-14(2)20(26)30-23-10-15-6-16(11-23)9-22(8-15,13-23)29-19(25)12-28-21(27)17-4-3-5-18(24)7-17/h3-5,7,15-16,24H,1,6,8-13H2,2H3. The largest absolute Gasteiger partial charge is 0.508 e. The molecular formula is C23H26O7. The molecule has 0 heterocycles. The highest BCUT2D eigenvalue weighted by Crippen LogP contribution is 2.60. The van der Waals surface area contributed by atoms with Crippen LogP contribution in [-0.2, 0) is 23.8 Å². The van der Waals surface area contributed by atoms with Crippen molar-refractivity contribution in [2.45, 2.75) is 56.7 Å². The molecule has 4 fully saturated rings. The second kappa shape index (κ2) is 7.45. The molecule has 4 saturated carbocycles. The van der Waals surface area contributed by atoms with Crippen LogP contribution in [0.5, 0.6) is 5.75 Å². The van der Waals surface area contributed by atoms with E-state index in [4.69, 9.17) is 14.2 Å². The van der Waals surface area contributed by atoms with Crippen LogP contribution in [0, 0.1) is 11.8 Å². The summed E-state index contributed by atoms with van der Waals surface area (Å²) in [6.45, 7) is 4.78. The van der Waals surface area contributed by atoms with Gasteiger partial charge in [-0.15, -0.1) is 0 Å². The Balaban J connectivity index is 1.40. The minimum atomic E-state index is -0.708. The van der Waals surface area contributed by atoms with Crippen molar-refractivity contribution in [1.29, 1.82) is 0 Å². The molecule has 1 N–H and O–H groups in total. The van der Waals surface area contributed by atoms with Crippen LogP contribution in [0.1, 0.15) is 55.8 Å². The van der Waals surface area contributed by atoms with Crippen LogP contribution < -0.4 is 0 Å². The van der Waals surface area contributed by atoms with Crippen molar-refractivity contribution in [2.75, 3.05) is 6.61 Å².